The van der Waals surface area contributed by atoms with E-state index in [-0.39, 0.29) is 0 Å². The number of methoxy groups -OCH3 is 1. The van der Waals surface area contributed by atoms with Gasteiger partial charge in [-0.1, -0.05) is 24.3 Å². The topological polar surface area (TPSA) is 65.4 Å². The number of benzene rings is 1. The maximum atomic E-state index is 5.79. The molecule has 3 aromatic rings. The van der Waals surface area contributed by atoms with Crippen molar-refractivity contribution in [2.45, 2.75) is 13.0 Å². The van der Waals surface area contributed by atoms with E-state index in [1.165, 1.54) is 0 Å². The minimum atomic E-state index is 0.453. The molecule has 0 unspecified atom stereocenters. The molecule has 0 radical (unpaired) electrons. The van der Waals surface area contributed by atoms with Crippen LogP contribution in [0.25, 0.3) is 5.65 Å². The Labute approximate surface area is 117 Å². The maximum Gasteiger partial charge on any atom is 0.161 e. The average molecular weight is 268 g/mol. The van der Waals surface area contributed by atoms with Gasteiger partial charge in [-0.05, 0) is 18.2 Å². The lowest BCUT2D eigenvalue weighted by molar-refractivity contribution is 0.410. The number of rotatable bonds is 4. The highest BCUT2D eigenvalue weighted by molar-refractivity contribution is 5.42. The van der Waals surface area contributed by atoms with E-state index in [0.29, 0.717) is 13.0 Å². The van der Waals surface area contributed by atoms with Crippen LogP contribution in [0.3, 0.4) is 0 Å². The Bertz CT molecular complexity index is 736. The standard InChI is InChI=1S/C15H16N4O/c1-20-13-7-3-2-5-11(13)9-15-18-17-14-8-4-6-12(10-16)19(14)15/h2-8H,9-10,16H2,1H3. The highest BCUT2D eigenvalue weighted by Gasteiger charge is 2.11. The first-order valence-electron chi connectivity index (χ1n) is 6.47. The molecule has 20 heavy (non-hydrogen) atoms. The first kappa shape index (κ1) is 12.6. The number of hydrogen-bond donors (Lipinski definition) is 1. The van der Waals surface area contributed by atoms with E-state index in [1.807, 2.05) is 46.9 Å². The van der Waals surface area contributed by atoms with E-state index >= 15 is 0 Å². The molecular weight excluding hydrogens is 252 g/mol. The first-order valence-corrected chi connectivity index (χ1v) is 6.47. The summed E-state index contributed by atoms with van der Waals surface area (Å²) in [7, 11) is 1.67. The van der Waals surface area contributed by atoms with Crippen LogP contribution in [0.4, 0.5) is 0 Å². The Morgan fingerprint density at radius 1 is 1.10 bits per heavy atom. The molecule has 0 aliphatic rings. The van der Waals surface area contributed by atoms with E-state index in [2.05, 4.69) is 10.2 Å². The van der Waals surface area contributed by atoms with Gasteiger partial charge in [-0.15, -0.1) is 10.2 Å². The molecule has 0 aliphatic heterocycles. The van der Waals surface area contributed by atoms with Crippen molar-refractivity contribution in [3.63, 3.8) is 0 Å². The van der Waals surface area contributed by atoms with E-state index in [0.717, 1.165) is 28.5 Å². The molecule has 0 spiro atoms. The summed E-state index contributed by atoms with van der Waals surface area (Å²) in [5, 5.41) is 8.47. The Balaban J connectivity index is 2.07. The van der Waals surface area contributed by atoms with Crippen LogP contribution in [0.2, 0.25) is 0 Å². The summed E-state index contributed by atoms with van der Waals surface area (Å²) in [5.41, 5.74) is 8.69. The minimum absolute atomic E-state index is 0.453. The summed E-state index contributed by atoms with van der Waals surface area (Å²) >= 11 is 0. The number of aromatic nitrogens is 3. The van der Waals surface area contributed by atoms with Crippen molar-refractivity contribution in [1.29, 1.82) is 0 Å². The second kappa shape index (κ2) is 5.30. The smallest absolute Gasteiger partial charge is 0.161 e. The molecule has 0 saturated heterocycles. The highest BCUT2D eigenvalue weighted by atomic mass is 16.5. The Morgan fingerprint density at radius 2 is 1.95 bits per heavy atom. The molecule has 0 bridgehead atoms. The monoisotopic (exact) mass is 268 g/mol. The summed E-state index contributed by atoms with van der Waals surface area (Å²) in [6, 6.07) is 13.8. The number of ether oxygens (including phenoxy) is 1. The fraction of sp³-hybridized carbons (Fsp3) is 0.200. The van der Waals surface area contributed by atoms with Gasteiger partial charge in [-0.25, -0.2) is 0 Å². The summed E-state index contributed by atoms with van der Waals surface area (Å²) in [6.45, 7) is 0.453. The predicted octanol–water partition coefficient (Wildman–Crippen LogP) is 1.79. The van der Waals surface area contributed by atoms with Crippen LogP contribution in [-0.2, 0) is 13.0 Å². The van der Waals surface area contributed by atoms with Crippen molar-refractivity contribution < 1.29 is 4.74 Å². The van der Waals surface area contributed by atoms with Crippen LogP contribution in [0.1, 0.15) is 17.1 Å². The third-order valence-corrected chi connectivity index (χ3v) is 3.33. The van der Waals surface area contributed by atoms with Crippen LogP contribution in [-0.4, -0.2) is 21.7 Å². The lowest BCUT2D eigenvalue weighted by Crippen LogP contribution is -2.07. The fourth-order valence-corrected chi connectivity index (χ4v) is 2.36. The minimum Gasteiger partial charge on any atom is -0.496 e. The third kappa shape index (κ3) is 2.12. The van der Waals surface area contributed by atoms with Crippen LogP contribution < -0.4 is 10.5 Å². The fourth-order valence-electron chi connectivity index (χ4n) is 2.36. The Hall–Kier alpha value is -2.40. The second-order valence-corrected chi connectivity index (χ2v) is 4.52. The van der Waals surface area contributed by atoms with Gasteiger partial charge in [0.2, 0.25) is 0 Å². The molecule has 3 rings (SSSR count). The van der Waals surface area contributed by atoms with Crippen molar-refractivity contribution in [2.24, 2.45) is 5.73 Å². The lowest BCUT2D eigenvalue weighted by atomic mass is 10.1. The number of pyridine rings is 1. The van der Waals surface area contributed by atoms with Gasteiger partial charge in [-0.3, -0.25) is 4.40 Å². The summed E-state index contributed by atoms with van der Waals surface area (Å²) in [6.07, 6.45) is 0.655. The highest BCUT2D eigenvalue weighted by Crippen LogP contribution is 2.21. The number of fused-ring (bicyclic) bond motifs is 1. The van der Waals surface area contributed by atoms with Crippen LogP contribution in [0.5, 0.6) is 5.75 Å². The number of nitrogens with two attached hydrogens (primary N) is 1. The number of para-hydroxylation sites is 1. The summed E-state index contributed by atoms with van der Waals surface area (Å²) in [5.74, 6) is 1.72. The van der Waals surface area contributed by atoms with Gasteiger partial charge < -0.3 is 10.5 Å². The molecule has 1 aromatic carbocycles. The van der Waals surface area contributed by atoms with Gasteiger partial charge in [0.25, 0.3) is 0 Å². The molecule has 102 valence electrons. The quantitative estimate of drug-likeness (QED) is 0.783. The summed E-state index contributed by atoms with van der Waals surface area (Å²) < 4.78 is 7.39. The third-order valence-electron chi connectivity index (χ3n) is 3.33. The molecule has 2 aromatic heterocycles. The Kier molecular flexibility index (Phi) is 3.35. The van der Waals surface area contributed by atoms with Crippen molar-refractivity contribution in [2.75, 3.05) is 7.11 Å². The molecule has 0 atom stereocenters. The van der Waals surface area contributed by atoms with Crippen molar-refractivity contribution in [3.05, 3.63) is 59.5 Å². The zero-order valence-corrected chi connectivity index (χ0v) is 11.3. The van der Waals surface area contributed by atoms with Gasteiger partial charge in [0.15, 0.2) is 5.65 Å². The number of hydrogen-bond acceptors (Lipinski definition) is 4. The van der Waals surface area contributed by atoms with Gasteiger partial charge in [0.1, 0.15) is 11.6 Å². The molecule has 0 amide bonds. The molecule has 2 N–H and O–H groups in total. The van der Waals surface area contributed by atoms with E-state index < -0.39 is 0 Å². The van der Waals surface area contributed by atoms with Gasteiger partial charge >= 0.3 is 0 Å². The van der Waals surface area contributed by atoms with Crippen LogP contribution in [0, 0.1) is 0 Å². The SMILES string of the molecule is COc1ccccc1Cc1nnc2cccc(CN)n12. The molecule has 0 saturated carbocycles. The molecule has 5 heteroatoms. The Morgan fingerprint density at radius 3 is 2.75 bits per heavy atom. The van der Waals surface area contributed by atoms with Gasteiger partial charge in [-0.2, -0.15) is 0 Å². The predicted molar refractivity (Wildman–Crippen MR) is 76.7 cm³/mol. The van der Waals surface area contributed by atoms with E-state index in [9.17, 15) is 0 Å². The molecular formula is C15H16N4O. The normalized spacial score (nSPS) is 10.9. The zero-order valence-electron chi connectivity index (χ0n) is 11.3. The number of nitrogens with zero attached hydrogens (tertiary/aromatic N) is 3. The van der Waals surface area contributed by atoms with Gasteiger partial charge in [0, 0.05) is 24.2 Å². The zero-order chi connectivity index (χ0) is 13.9. The largest absolute Gasteiger partial charge is 0.496 e. The first-order chi connectivity index (χ1) is 9.83. The summed E-state index contributed by atoms with van der Waals surface area (Å²) in [4.78, 5) is 0. The average Bonchev–Trinajstić information content (AvgIpc) is 2.91. The van der Waals surface area contributed by atoms with Crippen LogP contribution >= 0.6 is 0 Å². The second-order valence-electron chi connectivity index (χ2n) is 4.52. The molecule has 0 aliphatic carbocycles. The molecule has 0 fully saturated rings. The van der Waals surface area contributed by atoms with Crippen molar-refractivity contribution >= 4 is 5.65 Å². The van der Waals surface area contributed by atoms with E-state index in [4.69, 9.17) is 10.5 Å². The van der Waals surface area contributed by atoms with Crippen LogP contribution in [0.15, 0.2) is 42.5 Å². The van der Waals surface area contributed by atoms with Gasteiger partial charge in [0.05, 0.1) is 7.11 Å². The van der Waals surface area contributed by atoms with E-state index in [1.54, 1.807) is 7.11 Å². The van der Waals surface area contributed by atoms with Crippen molar-refractivity contribution in [3.8, 4) is 5.75 Å². The van der Waals surface area contributed by atoms with Crippen molar-refractivity contribution in [1.82, 2.24) is 14.6 Å². The lowest BCUT2D eigenvalue weighted by Gasteiger charge is -2.08. The molecule has 5 nitrogen and oxygen atoms in total. The maximum absolute atomic E-state index is 5.79. The molecule has 2 heterocycles.